The summed E-state index contributed by atoms with van der Waals surface area (Å²) in [5.41, 5.74) is 7.34. The summed E-state index contributed by atoms with van der Waals surface area (Å²) >= 11 is 5.93. The van der Waals surface area contributed by atoms with Gasteiger partial charge in [0.2, 0.25) is 5.95 Å². The van der Waals surface area contributed by atoms with Crippen molar-refractivity contribution >= 4 is 28.7 Å². The van der Waals surface area contributed by atoms with Crippen LogP contribution in [0.4, 0.5) is 14.7 Å². The number of nitrogens with two attached hydrogens (primary N) is 1. The Kier molecular flexibility index (Phi) is 2.83. The van der Waals surface area contributed by atoms with E-state index in [0.29, 0.717) is 11.2 Å². The quantitative estimate of drug-likeness (QED) is 0.749. The highest BCUT2D eigenvalue weighted by atomic mass is 35.5. The topological polar surface area (TPSA) is 56.7 Å². The van der Waals surface area contributed by atoms with E-state index in [-0.39, 0.29) is 16.7 Å². The third-order valence-electron chi connectivity index (χ3n) is 2.87. The number of fused-ring (bicyclic) bond motifs is 1. The smallest absolute Gasteiger partial charge is 0.207 e. The van der Waals surface area contributed by atoms with E-state index in [1.807, 2.05) is 0 Å². The van der Waals surface area contributed by atoms with Crippen molar-refractivity contribution in [3.8, 4) is 5.69 Å². The molecule has 0 radical (unpaired) electrons. The lowest BCUT2D eigenvalue weighted by molar-refractivity contribution is 0.579. The van der Waals surface area contributed by atoms with Crippen LogP contribution in [0.15, 0.2) is 24.3 Å². The zero-order chi connectivity index (χ0) is 14.4. The minimum Gasteiger partial charge on any atom is -0.369 e. The average Bonchev–Trinajstić information content (AvgIpc) is 2.65. The summed E-state index contributed by atoms with van der Waals surface area (Å²) in [6.45, 7) is 1.79. The molecule has 0 aliphatic carbocycles. The number of nitrogens with zero attached hydrogens (tertiary/aromatic N) is 3. The second-order valence-corrected chi connectivity index (χ2v) is 4.73. The monoisotopic (exact) mass is 294 g/mol. The fraction of sp³-hybridized carbons (Fsp3) is 0.0769. The molecule has 0 atom stereocenters. The third kappa shape index (κ3) is 1.89. The summed E-state index contributed by atoms with van der Waals surface area (Å²) in [4.78, 5) is 8.37. The molecule has 0 unspecified atom stereocenters. The van der Waals surface area contributed by atoms with E-state index in [1.54, 1.807) is 19.1 Å². The number of nitrogen functional groups attached to an aromatic ring is 1. The SMILES string of the molecule is Cc1ccc2nc(N)n(-c3c(F)cc(F)cc3Cl)c2n1. The fourth-order valence-corrected chi connectivity index (χ4v) is 2.32. The molecule has 0 saturated heterocycles. The van der Waals surface area contributed by atoms with E-state index in [1.165, 1.54) is 4.57 Å². The summed E-state index contributed by atoms with van der Waals surface area (Å²) in [7, 11) is 0. The molecule has 0 amide bonds. The lowest BCUT2D eigenvalue weighted by atomic mass is 10.3. The second kappa shape index (κ2) is 4.42. The lowest BCUT2D eigenvalue weighted by Crippen LogP contribution is -2.05. The van der Waals surface area contributed by atoms with Gasteiger partial charge >= 0.3 is 0 Å². The average molecular weight is 295 g/mol. The molecule has 0 spiro atoms. The predicted molar refractivity (Wildman–Crippen MR) is 72.9 cm³/mol. The van der Waals surface area contributed by atoms with E-state index < -0.39 is 11.6 Å². The molecule has 0 fully saturated rings. The maximum atomic E-state index is 14.0. The number of rotatable bonds is 1. The number of aryl methyl sites for hydroxylation is 1. The van der Waals surface area contributed by atoms with Gasteiger partial charge in [0.1, 0.15) is 17.0 Å². The maximum Gasteiger partial charge on any atom is 0.207 e. The summed E-state index contributed by atoms with van der Waals surface area (Å²) in [6.07, 6.45) is 0. The van der Waals surface area contributed by atoms with Crippen molar-refractivity contribution in [2.45, 2.75) is 6.92 Å². The molecule has 0 aliphatic heterocycles. The van der Waals surface area contributed by atoms with Gasteiger partial charge in [-0.3, -0.25) is 4.57 Å². The molecule has 3 rings (SSSR count). The van der Waals surface area contributed by atoms with Gasteiger partial charge in [-0.1, -0.05) is 11.6 Å². The lowest BCUT2D eigenvalue weighted by Gasteiger charge is -2.09. The number of hydrogen-bond acceptors (Lipinski definition) is 3. The summed E-state index contributed by atoms with van der Waals surface area (Å²) < 4.78 is 28.4. The molecule has 2 heterocycles. The molecule has 0 saturated carbocycles. The van der Waals surface area contributed by atoms with Crippen LogP contribution in [0.2, 0.25) is 5.02 Å². The Balaban J connectivity index is 2.40. The van der Waals surface area contributed by atoms with Crippen LogP contribution in [0, 0.1) is 18.6 Å². The molecule has 0 bridgehead atoms. The minimum atomic E-state index is -0.829. The van der Waals surface area contributed by atoms with Crippen molar-refractivity contribution < 1.29 is 8.78 Å². The normalized spacial score (nSPS) is 11.2. The number of pyridine rings is 1. The van der Waals surface area contributed by atoms with E-state index >= 15 is 0 Å². The van der Waals surface area contributed by atoms with E-state index in [4.69, 9.17) is 17.3 Å². The highest BCUT2D eigenvalue weighted by Gasteiger charge is 2.18. The Bertz CT molecular complexity index is 806. The van der Waals surface area contributed by atoms with Crippen LogP contribution in [0.3, 0.4) is 0 Å². The molecule has 2 aromatic heterocycles. The summed E-state index contributed by atoms with van der Waals surface area (Å²) in [5, 5.41) is -0.100. The third-order valence-corrected chi connectivity index (χ3v) is 3.16. The van der Waals surface area contributed by atoms with Crippen molar-refractivity contribution in [1.29, 1.82) is 0 Å². The number of aromatic nitrogens is 3. The molecule has 4 nitrogen and oxygen atoms in total. The molecule has 0 aliphatic rings. The molecule has 1 aromatic carbocycles. The van der Waals surface area contributed by atoms with Crippen LogP contribution in [0.5, 0.6) is 0 Å². The Labute approximate surface area is 117 Å². The van der Waals surface area contributed by atoms with Gasteiger partial charge in [0, 0.05) is 11.8 Å². The van der Waals surface area contributed by atoms with Crippen molar-refractivity contribution in [3.63, 3.8) is 0 Å². The van der Waals surface area contributed by atoms with Crippen molar-refractivity contribution in [2.75, 3.05) is 5.73 Å². The van der Waals surface area contributed by atoms with Gasteiger partial charge in [-0.2, -0.15) is 0 Å². The number of anilines is 1. The minimum absolute atomic E-state index is 0.0329. The number of benzene rings is 1. The van der Waals surface area contributed by atoms with Gasteiger partial charge in [0.05, 0.1) is 5.02 Å². The van der Waals surface area contributed by atoms with Gasteiger partial charge in [-0.25, -0.2) is 18.7 Å². The van der Waals surface area contributed by atoms with Gasteiger partial charge < -0.3 is 5.73 Å². The van der Waals surface area contributed by atoms with Gasteiger partial charge in [0.15, 0.2) is 11.5 Å². The Morgan fingerprint density at radius 3 is 2.65 bits per heavy atom. The Morgan fingerprint density at radius 2 is 1.95 bits per heavy atom. The molecule has 3 aromatic rings. The Hall–Kier alpha value is -2.21. The molecule has 20 heavy (non-hydrogen) atoms. The molecule has 2 N–H and O–H groups in total. The number of hydrogen-bond donors (Lipinski definition) is 1. The van der Waals surface area contributed by atoms with Crippen LogP contribution in [0.1, 0.15) is 5.69 Å². The van der Waals surface area contributed by atoms with Crippen LogP contribution in [-0.4, -0.2) is 14.5 Å². The molecular weight excluding hydrogens is 286 g/mol. The zero-order valence-electron chi connectivity index (χ0n) is 10.4. The van der Waals surface area contributed by atoms with E-state index in [0.717, 1.165) is 17.8 Å². The molecular formula is C13H9ClF2N4. The summed E-state index contributed by atoms with van der Waals surface area (Å²) in [6, 6.07) is 5.24. The van der Waals surface area contributed by atoms with Crippen molar-refractivity contribution in [3.05, 3.63) is 46.6 Å². The molecule has 7 heteroatoms. The first-order valence-corrected chi connectivity index (χ1v) is 6.11. The Morgan fingerprint density at radius 1 is 1.20 bits per heavy atom. The molecule has 102 valence electrons. The summed E-state index contributed by atoms with van der Waals surface area (Å²) in [5.74, 6) is -1.56. The largest absolute Gasteiger partial charge is 0.369 e. The van der Waals surface area contributed by atoms with Gasteiger partial charge in [-0.05, 0) is 25.1 Å². The first-order valence-electron chi connectivity index (χ1n) is 5.74. The maximum absolute atomic E-state index is 14.0. The number of imidazole rings is 1. The first kappa shape index (κ1) is 12.8. The standard InChI is InChI=1S/C13H9ClF2N4/c1-6-2-3-10-12(18-6)20(13(17)19-10)11-8(14)4-7(15)5-9(11)16/h2-5H,1H3,(H2,17,19). The number of halogens is 3. The van der Waals surface area contributed by atoms with E-state index in [2.05, 4.69) is 9.97 Å². The van der Waals surface area contributed by atoms with Gasteiger partial charge in [0.25, 0.3) is 0 Å². The highest BCUT2D eigenvalue weighted by molar-refractivity contribution is 6.32. The van der Waals surface area contributed by atoms with Crippen LogP contribution < -0.4 is 5.73 Å². The predicted octanol–water partition coefficient (Wildman–Crippen LogP) is 3.24. The first-order chi connectivity index (χ1) is 9.47. The van der Waals surface area contributed by atoms with Gasteiger partial charge in [-0.15, -0.1) is 0 Å². The van der Waals surface area contributed by atoms with Crippen molar-refractivity contribution in [1.82, 2.24) is 14.5 Å². The second-order valence-electron chi connectivity index (χ2n) is 4.32. The van der Waals surface area contributed by atoms with Crippen molar-refractivity contribution in [2.24, 2.45) is 0 Å². The highest BCUT2D eigenvalue weighted by Crippen LogP contribution is 2.30. The van der Waals surface area contributed by atoms with Crippen LogP contribution in [0.25, 0.3) is 16.9 Å². The van der Waals surface area contributed by atoms with E-state index in [9.17, 15) is 8.78 Å². The zero-order valence-corrected chi connectivity index (χ0v) is 11.1. The fourth-order valence-electron chi connectivity index (χ4n) is 2.04. The van der Waals surface area contributed by atoms with Crippen LogP contribution in [-0.2, 0) is 0 Å². The van der Waals surface area contributed by atoms with Crippen LogP contribution >= 0.6 is 11.6 Å².